The van der Waals surface area contributed by atoms with Gasteiger partial charge in [0.25, 0.3) is 0 Å². The average Bonchev–Trinajstić information content (AvgIpc) is 3.68. The number of fused-ring (bicyclic) bond motifs is 1. The van der Waals surface area contributed by atoms with Gasteiger partial charge in [-0.1, -0.05) is 71.6 Å². The molecule has 1 aliphatic rings. The van der Waals surface area contributed by atoms with Crippen molar-refractivity contribution in [2.75, 3.05) is 25.6 Å². The molecule has 0 aliphatic carbocycles. The zero-order chi connectivity index (χ0) is 37.2. The highest BCUT2D eigenvalue weighted by Gasteiger charge is 2.58. The van der Waals surface area contributed by atoms with Gasteiger partial charge in [0.1, 0.15) is 48.0 Å². The number of nitrogen functional groups attached to an aromatic ring is 1. The largest absolute Gasteiger partial charge is 0.465 e. The number of ether oxygens (including phenoxy) is 3. The van der Waals surface area contributed by atoms with Crippen LogP contribution in [0.3, 0.4) is 0 Å². The minimum absolute atomic E-state index is 0.0529. The Balaban J connectivity index is 1.60. The number of para-hydroxylation sites is 1. The fourth-order valence-corrected chi connectivity index (χ4v) is 7.09. The topological polar surface area (TPSA) is 230 Å². The van der Waals surface area contributed by atoms with Gasteiger partial charge in [0.15, 0.2) is 5.82 Å². The Hall–Kier alpha value is -4.10. The molecular formula is C34H47N6O10P. The number of nitrogens with one attached hydrogen (secondary N) is 1. The number of carbonyl (C=O) groups excluding carboxylic acids is 2. The molecule has 0 spiro atoms. The van der Waals surface area contributed by atoms with Crippen LogP contribution < -0.4 is 15.3 Å². The van der Waals surface area contributed by atoms with Crippen LogP contribution in [0.2, 0.25) is 0 Å². The number of aromatic nitrogens is 3. The van der Waals surface area contributed by atoms with E-state index in [1.54, 1.807) is 18.2 Å². The smallest absolute Gasteiger partial charge is 0.459 e. The summed E-state index contributed by atoms with van der Waals surface area (Å²) in [5.41, 5.74) is 4.17. The Morgan fingerprint density at radius 1 is 1.06 bits per heavy atom. The first-order valence-electron chi connectivity index (χ1n) is 17.1. The molecule has 278 valence electrons. The normalized spacial score (nSPS) is 22.1. The van der Waals surface area contributed by atoms with E-state index in [1.165, 1.54) is 28.8 Å². The van der Waals surface area contributed by atoms with Crippen LogP contribution in [0, 0.1) is 23.2 Å². The van der Waals surface area contributed by atoms with E-state index in [9.17, 15) is 29.6 Å². The third kappa shape index (κ3) is 9.42. The van der Waals surface area contributed by atoms with Crippen LogP contribution in [0.5, 0.6) is 5.75 Å². The van der Waals surface area contributed by atoms with Crippen LogP contribution in [0.4, 0.5) is 5.82 Å². The number of hydrogen-bond acceptors (Lipinski definition) is 14. The van der Waals surface area contributed by atoms with Crippen molar-refractivity contribution in [2.45, 2.75) is 89.8 Å². The first kappa shape index (κ1) is 39.7. The minimum atomic E-state index is -4.63. The second-order valence-electron chi connectivity index (χ2n) is 12.4. The van der Waals surface area contributed by atoms with Crippen molar-refractivity contribution in [2.24, 2.45) is 11.8 Å². The van der Waals surface area contributed by atoms with Gasteiger partial charge in [0, 0.05) is 0 Å². The molecule has 1 fully saturated rings. The van der Waals surface area contributed by atoms with Crippen LogP contribution in [0.1, 0.15) is 65.5 Å². The van der Waals surface area contributed by atoms with Crippen molar-refractivity contribution in [1.29, 1.82) is 5.26 Å². The summed E-state index contributed by atoms with van der Waals surface area (Å²) in [5.74, 6) is -1.22. The Morgan fingerprint density at radius 3 is 2.33 bits per heavy atom. The Kier molecular flexibility index (Phi) is 13.9. The highest BCUT2D eigenvalue weighted by atomic mass is 31.2. The zero-order valence-corrected chi connectivity index (χ0v) is 30.1. The number of esters is 2. The number of nitriles is 1. The standard InChI is InChI=1S/C34H47N6O10P/c1-5-22(6-2)17-46-29(41)16-25(33(44)47-18-23(7-3)8-4)39-51(45,50-24-12-10-9-11-13-24)48-19-27-30(42)31(43)34(20-35,49-27)28-15-14-26-32(36)37-21-38-40(26)28/h9-15,21-23,25,27,30-31,42-43H,5-8,16-19H2,1-4H3,(H,39,45)(H2,36,37,38)/t25-,27+,30+,31+,34-,51-/m0/s1. The summed E-state index contributed by atoms with van der Waals surface area (Å²) in [6, 6.07) is 11.3. The predicted molar refractivity (Wildman–Crippen MR) is 184 cm³/mol. The van der Waals surface area contributed by atoms with Gasteiger partial charge in [-0.05, 0) is 36.1 Å². The van der Waals surface area contributed by atoms with E-state index < -0.39 is 62.7 Å². The van der Waals surface area contributed by atoms with Crippen molar-refractivity contribution >= 4 is 31.0 Å². The lowest BCUT2D eigenvalue weighted by molar-refractivity contribution is -0.154. The number of nitrogens with zero attached hydrogens (tertiary/aromatic N) is 4. The van der Waals surface area contributed by atoms with E-state index in [-0.39, 0.29) is 42.3 Å². The summed E-state index contributed by atoms with van der Waals surface area (Å²) in [6.45, 7) is 7.39. The SMILES string of the molecule is CCC(CC)COC(=O)C[C@H](N[P@](=O)(OC[C@H]1O[C@@](C#N)(c2ccc3c(N)ncnn23)[C@H](O)[C@@H]1O)Oc1ccccc1)C(=O)OCC(CC)CC. The Morgan fingerprint density at radius 2 is 1.71 bits per heavy atom. The molecule has 0 unspecified atom stereocenters. The quantitative estimate of drug-likeness (QED) is 0.102. The zero-order valence-electron chi connectivity index (χ0n) is 29.2. The van der Waals surface area contributed by atoms with Gasteiger partial charge >= 0.3 is 19.7 Å². The summed E-state index contributed by atoms with van der Waals surface area (Å²) < 4.78 is 44.3. The van der Waals surface area contributed by atoms with Crippen molar-refractivity contribution in [3.05, 3.63) is 54.5 Å². The van der Waals surface area contributed by atoms with Crippen LogP contribution in [0.15, 0.2) is 48.8 Å². The molecule has 17 heteroatoms. The van der Waals surface area contributed by atoms with Crippen LogP contribution in [-0.4, -0.2) is 80.9 Å². The van der Waals surface area contributed by atoms with Gasteiger partial charge in [-0.25, -0.2) is 14.1 Å². The minimum Gasteiger partial charge on any atom is -0.465 e. The van der Waals surface area contributed by atoms with Gasteiger partial charge < -0.3 is 34.7 Å². The summed E-state index contributed by atoms with van der Waals surface area (Å²) in [4.78, 5) is 30.4. The molecule has 0 radical (unpaired) electrons. The molecule has 51 heavy (non-hydrogen) atoms. The first-order valence-corrected chi connectivity index (χ1v) is 18.6. The number of aliphatic hydroxyl groups is 2. The lowest BCUT2D eigenvalue weighted by atomic mass is 9.92. The summed E-state index contributed by atoms with van der Waals surface area (Å²) >= 11 is 0. The number of anilines is 1. The van der Waals surface area contributed by atoms with Crippen LogP contribution in [0.25, 0.3) is 5.52 Å². The molecule has 3 heterocycles. The number of hydrogen-bond donors (Lipinski definition) is 4. The van der Waals surface area contributed by atoms with Crippen molar-refractivity contribution in [3.63, 3.8) is 0 Å². The fraction of sp³-hybridized carbons (Fsp3) is 0.559. The van der Waals surface area contributed by atoms with Gasteiger partial charge in [-0.15, -0.1) is 0 Å². The molecule has 1 aliphatic heterocycles. The van der Waals surface area contributed by atoms with Crippen molar-refractivity contribution < 1.29 is 47.6 Å². The molecule has 4 rings (SSSR count). The van der Waals surface area contributed by atoms with E-state index >= 15 is 0 Å². The van der Waals surface area contributed by atoms with E-state index in [2.05, 4.69) is 15.2 Å². The lowest BCUT2D eigenvalue weighted by Crippen LogP contribution is -2.41. The van der Waals surface area contributed by atoms with Crippen LogP contribution >= 0.6 is 7.75 Å². The highest BCUT2D eigenvalue weighted by molar-refractivity contribution is 7.52. The van der Waals surface area contributed by atoms with E-state index in [4.69, 9.17) is 29.0 Å². The lowest BCUT2D eigenvalue weighted by Gasteiger charge is -2.26. The second kappa shape index (κ2) is 17.9. The van der Waals surface area contributed by atoms with Gasteiger partial charge in [-0.3, -0.25) is 14.1 Å². The maximum absolute atomic E-state index is 14.5. The number of carbonyl (C=O) groups is 2. The van der Waals surface area contributed by atoms with Gasteiger partial charge in [0.05, 0.1) is 31.9 Å². The molecule has 1 saturated heterocycles. The maximum atomic E-state index is 14.5. The van der Waals surface area contributed by atoms with E-state index in [1.807, 2.05) is 33.8 Å². The highest BCUT2D eigenvalue weighted by Crippen LogP contribution is 2.47. The Labute approximate surface area is 296 Å². The maximum Gasteiger partial charge on any atom is 0.459 e. The van der Waals surface area contributed by atoms with E-state index in [0.29, 0.717) is 5.52 Å². The molecule has 0 bridgehead atoms. The third-order valence-corrected chi connectivity index (χ3v) is 10.7. The molecule has 0 amide bonds. The number of benzene rings is 1. The number of rotatable bonds is 19. The molecule has 5 N–H and O–H groups in total. The van der Waals surface area contributed by atoms with Crippen molar-refractivity contribution in [1.82, 2.24) is 19.7 Å². The summed E-state index contributed by atoms with van der Waals surface area (Å²) in [6.07, 6.45) is -1.30. The predicted octanol–water partition coefficient (Wildman–Crippen LogP) is 3.66. The summed E-state index contributed by atoms with van der Waals surface area (Å²) in [7, 11) is -4.63. The van der Waals surface area contributed by atoms with E-state index in [0.717, 1.165) is 32.0 Å². The second-order valence-corrected chi connectivity index (χ2v) is 14.1. The molecule has 2 aromatic heterocycles. The third-order valence-electron chi connectivity index (χ3n) is 9.08. The molecule has 6 atom stereocenters. The Bertz CT molecular complexity index is 1700. The number of aliphatic hydroxyl groups excluding tert-OH is 2. The fourth-order valence-electron chi connectivity index (χ4n) is 5.59. The molecule has 3 aromatic rings. The molecule has 16 nitrogen and oxygen atoms in total. The van der Waals surface area contributed by atoms with Gasteiger partial charge in [0.2, 0.25) is 5.60 Å². The van der Waals surface area contributed by atoms with Crippen LogP contribution in [-0.2, 0) is 38.5 Å². The van der Waals surface area contributed by atoms with Gasteiger partial charge in [-0.2, -0.15) is 15.4 Å². The number of nitrogens with two attached hydrogens (primary N) is 1. The van der Waals surface area contributed by atoms with Crippen molar-refractivity contribution in [3.8, 4) is 11.8 Å². The molecule has 1 aromatic carbocycles. The first-order chi connectivity index (χ1) is 24.4. The molecular weight excluding hydrogens is 683 g/mol. The average molecular weight is 731 g/mol. The molecule has 0 saturated carbocycles. The summed E-state index contributed by atoms with van der Waals surface area (Å²) in [5, 5.41) is 39.2. The monoisotopic (exact) mass is 730 g/mol.